The number of nitrogens with zero attached hydrogens (tertiary/aromatic N) is 4. The molecule has 0 saturated heterocycles. The Morgan fingerprint density at radius 2 is 0.781 bits per heavy atom. The standard InChI is InChI=1S/C24H32N6O2/c31-21(25-23-7-13-1-14(8-23)3-15(2-13)9-23)19-27-29-20(30-28-19)22(32)26-24-10-16-4-17(11-24)6-18(5-16)12-24/h13-18H,1-12H2,(H,25,31)(H,26,32). The zero-order valence-electron chi connectivity index (χ0n) is 18.6. The third-order valence-corrected chi connectivity index (χ3v) is 9.72. The summed E-state index contributed by atoms with van der Waals surface area (Å²) >= 11 is 0. The highest BCUT2D eigenvalue weighted by atomic mass is 16.2. The molecular formula is C24H32N6O2. The van der Waals surface area contributed by atoms with Crippen molar-refractivity contribution >= 4 is 11.8 Å². The van der Waals surface area contributed by atoms with E-state index in [-0.39, 0.29) is 34.5 Å². The molecule has 1 aromatic heterocycles. The van der Waals surface area contributed by atoms with Crippen LogP contribution in [0.2, 0.25) is 0 Å². The highest BCUT2D eigenvalue weighted by molar-refractivity contribution is 5.92. The largest absolute Gasteiger partial charge is 0.344 e. The molecule has 1 heterocycles. The molecule has 9 rings (SSSR count). The number of hydrogen-bond donors (Lipinski definition) is 2. The fourth-order valence-electron chi connectivity index (χ4n) is 9.53. The number of hydrogen-bond acceptors (Lipinski definition) is 6. The minimum atomic E-state index is -0.306. The Morgan fingerprint density at radius 1 is 0.531 bits per heavy atom. The van der Waals surface area contributed by atoms with Crippen molar-refractivity contribution < 1.29 is 9.59 Å². The van der Waals surface area contributed by atoms with E-state index in [1.165, 1.54) is 38.5 Å². The van der Waals surface area contributed by atoms with Crippen LogP contribution in [0.1, 0.15) is 98.3 Å². The van der Waals surface area contributed by atoms with Gasteiger partial charge in [0.2, 0.25) is 0 Å². The van der Waals surface area contributed by atoms with Crippen LogP contribution < -0.4 is 10.6 Å². The highest BCUT2D eigenvalue weighted by Gasteiger charge is 2.53. The molecule has 8 aliphatic carbocycles. The van der Waals surface area contributed by atoms with Crippen LogP contribution in [0.3, 0.4) is 0 Å². The van der Waals surface area contributed by atoms with Gasteiger partial charge in [-0.25, -0.2) is 0 Å². The molecule has 8 fully saturated rings. The first-order valence-electron chi connectivity index (χ1n) is 12.7. The Bertz CT molecular complexity index is 812. The first kappa shape index (κ1) is 19.4. The number of amides is 2. The minimum absolute atomic E-state index is 0.0351. The number of rotatable bonds is 4. The Morgan fingerprint density at radius 3 is 1.03 bits per heavy atom. The predicted octanol–water partition coefficient (Wildman–Crippen LogP) is 2.66. The molecule has 1 aromatic rings. The average molecular weight is 437 g/mol. The molecule has 0 spiro atoms. The van der Waals surface area contributed by atoms with E-state index in [2.05, 4.69) is 31.0 Å². The van der Waals surface area contributed by atoms with Crippen LogP contribution in [0.15, 0.2) is 0 Å². The van der Waals surface area contributed by atoms with Crippen molar-refractivity contribution in [3.8, 4) is 0 Å². The third-order valence-electron chi connectivity index (χ3n) is 9.72. The summed E-state index contributed by atoms with van der Waals surface area (Å²) in [5, 5.41) is 22.5. The summed E-state index contributed by atoms with van der Waals surface area (Å²) in [5.41, 5.74) is -0.215. The summed E-state index contributed by atoms with van der Waals surface area (Å²) in [7, 11) is 0. The van der Waals surface area contributed by atoms with Crippen molar-refractivity contribution in [3.05, 3.63) is 11.6 Å². The molecule has 0 unspecified atom stereocenters. The first-order chi connectivity index (χ1) is 15.4. The summed E-state index contributed by atoms with van der Waals surface area (Å²) in [6, 6.07) is 0. The monoisotopic (exact) mass is 436 g/mol. The Labute approximate surface area is 188 Å². The van der Waals surface area contributed by atoms with Gasteiger partial charge in [-0.2, -0.15) is 0 Å². The van der Waals surface area contributed by atoms with Crippen molar-refractivity contribution in [3.63, 3.8) is 0 Å². The molecule has 8 heteroatoms. The van der Waals surface area contributed by atoms with Crippen molar-refractivity contribution in [2.75, 3.05) is 0 Å². The van der Waals surface area contributed by atoms with Gasteiger partial charge in [0.25, 0.3) is 23.5 Å². The normalized spacial score (nSPS) is 45.1. The van der Waals surface area contributed by atoms with E-state index in [0.717, 1.165) is 74.0 Å². The van der Waals surface area contributed by atoms with E-state index in [9.17, 15) is 9.59 Å². The lowest BCUT2D eigenvalue weighted by molar-refractivity contribution is -0.0175. The summed E-state index contributed by atoms with van der Waals surface area (Å²) in [5.74, 6) is 3.79. The predicted molar refractivity (Wildman–Crippen MR) is 114 cm³/mol. The van der Waals surface area contributed by atoms with E-state index in [4.69, 9.17) is 0 Å². The molecular weight excluding hydrogens is 404 g/mol. The smallest absolute Gasteiger partial charge is 0.293 e. The van der Waals surface area contributed by atoms with Gasteiger partial charge in [-0.05, 0) is 113 Å². The van der Waals surface area contributed by atoms with Crippen LogP contribution >= 0.6 is 0 Å². The molecule has 0 aliphatic heterocycles. The van der Waals surface area contributed by atoms with Gasteiger partial charge >= 0.3 is 0 Å². The van der Waals surface area contributed by atoms with Crippen LogP contribution in [-0.2, 0) is 0 Å². The second-order valence-corrected chi connectivity index (χ2v) is 12.4. The van der Waals surface area contributed by atoms with Crippen LogP contribution in [0.5, 0.6) is 0 Å². The van der Waals surface area contributed by atoms with Gasteiger partial charge in [0.1, 0.15) is 0 Å². The molecule has 2 N–H and O–H groups in total. The lowest BCUT2D eigenvalue weighted by Gasteiger charge is -2.56. The van der Waals surface area contributed by atoms with Gasteiger partial charge in [0.05, 0.1) is 0 Å². The van der Waals surface area contributed by atoms with Crippen molar-refractivity contribution in [2.24, 2.45) is 35.5 Å². The fraction of sp³-hybridized carbons (Fsp3) is 0.833. The second kappa shape index (κ2) is 6.70. The highest BCUT2D eigenvalue weighted by Crippen LogP contribution is 2.56. The zero-order valence-corrected chi connectivity index (χ0v) is 18.6. The molecule has 8 saturated carbocycles. The van der Waals surface area contributed by atoms with Crippen LogP contribution in [0.25, 0.3) is 0 Å². The summed E-state index contributed by atoms with van der Waals surface area (Å²) in [4.78, 5) is 25.8. The van der Waals surface area contributed by atoms with Crippen LogP contribution in [0, 0.1) is 35.5 Å². The molecule has 2 amide bonds. The molecule has 0 aromatic carbocycles. The molecule has 8 bridgehead atoms. The Hall–Kier alpha value is -2.12. The van der Waals surface area contributed by atoms with Gasteiger partial charge in [0, 0.05) is 11.1 Å². The van der Waals surface area contributed by atoms with E-state index in [1.807, 2.05) is 0 Å². The molecule has 8 nitrogen and oxygen atoms in total. The van der Waals surface area contributed by atoms with E-state index in [1.54, 1.807) is 0 Å². The molecule has 170 valence electrons. The maximum Gasteiger partial charge on any atom is 0.293 e. The number of carbonyl (C=O) groups is 2. The van der Waals surface area contributed by atoms with Crippen LogP contribution in [-0.4, -0.2) is 43.3 Å². The topological polar surface area (TPSA) is 110 Å². The number of carbonyl (C=O) groups excluding carboxylic acids is 2. The number of nitrogens with one attached hydrogen (secondary N) is 2. The maximum absolute atomic E-state index is 12.9. The van der Waals surface area contributed by atoms with Crippen molar-refractivity contribution in [1.82, 2.24) is 31.0 Å². The second-order valence-electron chi connectivity index (χ2n) is 12.4. The fourth-order valence-corrected chi connectivity index (χ4v) is 9.53. The van der Waals surface area contributed by atoms with Crippen molar-refractivity contribution in [1.29, 1.82) is 0 Å². The molecule has 32 heavy (non-hydrogen) atoms. The zero-order chi connectivity index (χ0) is 21.5. The summed E-state index contributed by atoms with van der Waals surface area (Å²) < 4.78 is 0. The van der Waals surface area contributed by atoms with E-state index in [0.29, 0.717) is 0 Å². The Balaban J connectivity index is 1.03. The van der Waals surface area contributed by atoms with Gasteiger partial charge < -0.3 is 10.6 Å². The molecule has 0 atom stereocenters. The van der Waals surface area contributed by atoms with Crippen LogP contribution in [0.4, 0.5) is 0 Å². The summed E-state index contributed by atoms with van der Waals surface area (Å²) in [6.07, 6.45) is 14.3. The lowest BCUT2D eigenvalue weighted by atomic mass is 9.53. The maximum atomic E-state index is 12.9. The minimum Gasteiger partial charge on any atom is -0.344 e. The van der Waals surface area contributed by atoms with Gasteiger partial charge in [-0.1, -0.05) is 0 Å². The third kappa shape index (κ3) is 3.16. The average Bonchev–Trinajstić information content (AvgIpc) is 2.71. The number of aromatic nitrogens is 4. The lowest BCUT2D eigenvalue weighted by Crippen LogP contribution is -2.60. The summed E-state index contributed by atoms with van der Waals surface area (Å²) in [6.45, 7) is 0. The SMILES string of the molecule is O=C(NC12CC3CC(CC(C3)C1)C2)c1nnc(C(=O)NC23CC4CC(CC(C4)C2)C3)nn1. The molecule has 0 radical (unpaired) electrons. The van der Waals surface area contributed by atoms with Gasteiger partial charge in [-0.15, -0.1) is 20.4 Å². The van der Waals surface area contributed by atoms with E-state index < -0.39 is 0 Å². The van der Waals surface area contributed by atoms with Gasteiger partial charge in [0.15, 0.2) is 0 Å². The van der Waals surface area contributed by atoms with Crippen molar-refractivity contribution in [2.45, 2.75) is 88.1 Å². The molecule has 8 aliphatic rings. The van der Waals surface area contributed by atoms with E-state index >= 15 is 0 Å². The van der Waals surface area contributed by atoms with Gasteiger partial charge in [-0.3, -0.25) is 9.59 Å². The first-order valence-corrected chi connectivity index (χ1v) is 12.7. The quantitative estimate of drug-likeness (QED) is 0.751. The Kier molecular flexibility index (Phi) is 4.05.